The van der Waals surface area contributed by atoms with Crippen molar-refractivity contribution >= 4 is 17.2 Å². The first-order chi connectivity index (χ1) is 11.3. The van der Waals surface area contributed by atoms with Gasteiger partial charge in [0.15, 0.2) is 11.5 Å². The standard InChI is InChI=1S/C15H15F3N2O3S/c1-22-11-4-3-9(5-12(11)23-2)14-20-10(7-24-14)6-13(21)19-8-15(16,17)18/h3-5,7H,6,8H2,1-2H3,(H,19,21). The second-order valence-electron chi connectivity index (χ2n) is 4.78. The van der Waals surface area contributed by atoms with Crippen molar-refractivity contribution in [1.29, 1.82) is 0 Å². The van der Waals surface area contributed by atoms with Gasteiger partial charge in [0, 0.05) is 10.9 Å². The lowest BCUT2D eigenvalue weighted by molar-refractivity contribution is -0.138. The Morgan fingerprint density at radius 2 is 1.96 bits per heavy atom. The maximum Gasteiger partial charge on any atom is 0.405 e. The molecule has 0 saturated heterocycles. The number of nitrogens with one attached hydrogen (secondary N) is 1. The van der Waals surface area contributed by atoms with Crippen molar-refractivity contribution in [3.63, 3.8) is 0 Å². The van der Waals surface area contributed by atoms with E-state index in [0.29, 0.717) is 22.2 Å². The molecule has 9 heteroatoms. The molecule has 1 heterocycles. The lowest BCUT2D eigenvalue weighted by Crippen LogP contribution is -2.34. The van der Waals surface area contributed by atoms with Crippen molar-refractivity contribution in [3.05, 3.63) is 29.3 Å². The molecule has 1 N–H and O–H groups in total. The van der Waals surface area contributed by atoms with Crippen LogP contribution in [-0.4, -0.2) is 37.8 Å². The fourth-order valence-corrected chi connectivity index (χ4v) is 2.73. The predicted octanol–water partition coefficient (Wildman–Crippen LogP) is 3.05. The molecule has 0 bridgehead atoms. The number of nitrogens with zero attached hydrogens (tertiary/aromatic N) is 1. The molecule has 0 fully saturated rings. The number of rotatable bonds is 6. The van der Waals surface area contributed by atoms with Crippen molar-refractivity contribution < 1.29 is 27.4 Å². The van der Waals surface area contributed by atoms with Crippen molar-refractivity contribution in [2.75, 3.05) is 20.8 Å². The van der Waals surface area contributed by atoms with Crippen LogP contribution in [0.15, 0.2) is 23.6 Å². The maximum atomic E-state index is 12.1. The molecule has 1 aromatic carbocycles. The highest BCUT2D eigenvalue weighted by molar-refractivity contribution is 7.13. The number of benzene rings is 1. The Bertz CT molecular complexity index is 716. The van der Waals surface area contributed by atoms with Crippen molar-refractivity contribution in [2.24, 2.45) is 0 Å². The molecule has 0 spiro atoms. The van der Waals surface area contributed by atoms with Gasteiger partial charge in [0.1, 0.15) is 11.6 Å². The second kappa shape index (κ2) is 7.52. The zero-order valence-corrected chi connectivity index (χ0v) is 13.8. The molecule has 1 aromatic heterocycles. The topological polar surface area (TPSA) is 60.5 Å². The van der Waals surface area contributed by atoms with Crippen LogP contribution in [0.4, 0.5) is 13.2 Å². The van der Waals surface area contributed by atoms with Crippen molar-refractivity contribution in [2.45, 2.75) is 12.6 Å². The smallest absolute Gasteiger partial charge is 0.405 e. The van der Waals surface area contributed by atoms with E-state index in [4.69, 9.17) is 9.47 Å². The van der Waals surface area contributed by atoms with Crippen molar-refractivity contribution in [3.8, 4) is 22.1 Å². The number of hydrogen-bond acceptors (Lipinski definition) is 5. The van der Waals surface area contributed by atoms with E-state index in [0.717, 1.165) is 5.56 Å². The average Bonchev–Trinajstić information content (AvgIpc) is 3.00. The molecule has 0 atom stereocenters. The minimum Gasteiger partial charge on any atom is -0.493 e. The summed E-state index contributed by atoms with van der Waals surface area (Å²) < 4.78 is 46.6. The van der Waals surface area contributed by atoms with Crippen LogP contribution in [0.5, 0.6) is 11.5 Å². The summed E-state index contributed by atoms with van der Waals surface area (Å²) >= 11 is 1.29. The van der Waals surface area contributed by atoms with E-state index >= 15 is 0 Å². The van der Waals surface area contributed by atoms with Crippen LogP contribution in [0.3, 0.4) is 0 Å². The SMILES string of the molecule is COc1ccc(-c2nc(CC(=O)NCC(F)(F)F)cs2)cc1OC. The number of alkyl halides is 3. The number of hydrogen-bond donors (Lipinski definition) is 1. The van der Waals surface area contributed by atoms with Gasteiger partial charge in [-0.25, -0.2) is 4.98 Å². The normalized spacial score (nSPS) is 11.2. The summed E-state index contributed by atoms with van der Waals surface area (Å²) in [6.45, 7) is -1.35. The Morgan fingerprint density at radius 3 is 2.58 bits per heavy atom. The average molecular weight is 360 g/mol. The van der Waals surface area contributed by atoms with Crippen LogP contribution in [0.2, 0.25) is 0 Å². The predicted molar refractivity (Wildman–Crippen MR) is 83.4 cm³/mol. The quantitative estimate of drug-likeness (QED) is 0.860. The Kier molecular flexibility index (Phi) is 5.66. The number of carbonyl (C=O) groups is 1. The first-order valence-corrected chi connectivity index (χ1v) is 7.70. The lowest BCUT2D eigenvalue weighted by atomic mass is 10.2. The molecule has 0 radical (unpaired) electrons. The first-order valence-electron chi connectivity index (χ1n) is 6.82. The molecule has 2 aromatic rings. The monoisotopic (exact) mass is 360 g/mol. The summed E-state index contributed by atoms with van der Waals surface area (Å²) in [6, 6.07) is 5.25. The van der Waals surface area contributed by atoms with E-state index in [-0.39, 0.29) is 6.42 Å². The molecule has 0 aliphatic heterocycles. The second-order valence-corrected chi connectivity index (χ2v) is 5.64. The summed E-state index contributed by atoms with van der Waals surface area (Å²) in [5, 5.41) is 4.09. The summed E-state index contributed by atoms with van der Waals surface area (Å²) in [5.41, 5.74) is 1.17. The van der Waals surface area contributed by atoms with E-state index in [9.17, 15) is 18.0 Å². The molecular formula is C15H15F3N2O3S. The molecule has 0 saturated carbocycles. The van der Waals surface area contributed by atoms with Gasteiger partial charge in [-0.2, -0.15) is 13.2 Å². The third-order valence-corrected chi connectivity index (χ3v) is 3.95. The van der Waals surface area contributed by atoms with Crippen LogP contribution in [0, 0.1) is 0 Å². The summed E-state index contributed by atoms with van der Waals surface area (Å²) in [4.78, 5) is 15.8. The van der Waals surface area contributed by atoms with E-state index < -0.39 is 18.6 Å². The van der Waals surface area contributed by atoms with Gasteiger partial charge in [-0.1, -0.05) is 0 Å². The molecule has 0 aliphatic carbocycles. The van der Waals surface area contributed by atoms with E-state index in [2.05, 4.69) is 4.98 Å². The highest BCUT2D eigenvalue weighted by Crippen LogP contribution is 2.33. The summed E-state index contributed by atoms with van der Waals surface area (Å²) in [7, 11) is 3.04. The van der Waals surface area contributed by atoms with Gasteiger partial charge in [-0.15, -0.1) is 11.3 Å². The van der Waals surface area contributed by atoms with Gasteiger partial charge in [-0.3, -0.25) is 4.79 Å². The number of amides is 1. The van der Waals surface area contributed by atoms with Crippen molar-refractivity contribution in [1.82, 2.24) is 10.3 Å². The molecule has 0 unspecified atom stereocenters. The van der Waals surface area contributed by atoms with Crippen LogP contribution in [0.1, 0.15) is 5.69 Å². The molecule has 2 rings (SSSR count). The highest BCUT2D eigenvalue weighted by atomic mass is 32.1. The van der Waals surface area contributed by atoms with Gasteiger partial charge in [0.2, 0.25) is 5.91 Å². The van der Waals surface area contributed by atoms with Crippen LogP contribution >= 0.6 is 11.3 Å². The highest BCUT2D eigenvalue weighted by Gasteiger charge is 2.27. The third kappa shape index (κ3) is 4.85. The zero-order chi connectivity index (χ0) is 17.7. The Balaban J connectivity index is 2.06. The summed E-state index contributed by atoms with van der Waals surface area (Å²) in [5.74, 6) is 0.385. The molecule has 0 aliphatic rings. The Morgan fingerprint density at radius 1 is 1.25 bits per heavy atom. The van der Waals surface area contributed by atoms with Gasteiger partial charge in [0.05, 0.1) is 26.3 Å². The Hall–Kier alpha value is -2.29. The van der Waals surface area contributed by atoms with Crippen LogP contribution in [-0.2, 0) is 11.2 Å². The number of halogens is 3. The minimum absolute atomic E-state index is 0.208. The van der Waals surface area contributed by atoms with Gasteiger partial charge in [-0.05, 0) is 18.2 Å². The molecule has 130 valence electrons. The molecular weight excluding hydrogens is 345 g/mol. The summed E-state index contributed by atoms with van der Waals surface area (Å²) in [6.07, 6.45) is -4.64. The molecule has 1 amide bonds. The maximum absolute atomic E-state index is 12.1. The van der Waals surface area contributed by atoms with Gasteiger partial charge < -0.3 is 14.8 Å². The first kappa shape index (κ1) is 18.1. The Labute approximate surface area is 140 Å². The van der Waals surface area contributed by atoms with E-state index in [1.165, 1.54) is 25.6 Å². The lowest BCUT2D eigenvalue weighted by Gasteiger charge is -2.08. The number of ether oxygens (including phenoxy) is 2. The third-order valence-electron chi connectivity index (χ3n) is 3.01. The van der Waals surface area contributed by atoms with Gasteiger partial charge in [0.25, 0.3) is 0 Å². The number of methoxy groups -OCH3 is 2. The fourth-order valence-electron chi connectivity index (χ4n) is 1.92. The number of carbonyl (C=O) groups excluding carboxylic acids is 1. The van der Waals surface area contributed by atoms with E-state index in [1.807, 2.05) is 5.32 Å². The minimum atomic E-state index is -4.43. The van der Waals surface area contributed by atoms with Crippen LogP contribution in [0.25, 0.3) is 10.6 Å². The molecule has 5 nitrogen and oxygen atoms in total. The van der Waals surface area contributed by atoms with Crippen LogP contribution < -0.4 is 14.8 Å². The molecule has 24 heavy (non-hydrogen) atoms. The number of aromatic nitrogens is 1. The number of thiazole rings is 1. The zero-order valence-electron chi connectivity index (χ0n) is 12.9. The largest absolute Gasteiger partial charge is 0.493 e. The van der Waals surface area contributed by atoms with Gasteiger partial charge >= 0.3 is 6.18 Å². The fraction of sp³-hybridized carbons (Fsp3) is 0.333. The van der Waals surface area contributed by atoms with E-state index in [1.54, 1.807) is 23.6 Å².